The first kappa shape index (κ1) is 14.5. The lowest BCUT2D eigenvalue weighted by molar-refractivity contribution is 0.0878. The lowest BCUT2D eigenvalue weighted by Gasteiger charge is -2.05. The summed E-state index contributed by atoms with van der Waals surface area (Å²) < 4.78 is 0. The van der Waals surface area contributed by atoms with Crippen molar-refractivity contribution in [3.8, 4) is 0 Å². The van der Waals surface area contributed by atoms with Gasteiger partial charge in [-0.25, -0.2) is 0 Å². The van der Waals surface area contributed by atoms with E-state index < -0.39 is 11.8 Å². The predicted molar refractivity (Wildman–Crippen MR) is 89.5 cm³/mol. The van der Waals surface area contributed by atoms with Crippen molar-refractivity contribution in [3.63, 3.8) is 0 Å². The predicted octanol–water partition coefficient (Wildman–Crippen LogP) is 2.96. The molecule has 1 aromatic heterocycles. The highest BCUT2D eigenvalue weighted by Gasteiger charge is 2.26. The van der Waals surface area contributed by atoms with Gasteiger partial charge in [-0.3, -0.25) is 19.7 Å². The van der Waals surface area contributed by atoms with Gasteiger partial charge in [-0.05, 0) is 30.3 Å². The monoisotopic (exact) mass is 339 g/mol. The van der Waals surface area contributed by atoms with Crippen LogP contribution in [-0.2, 0) is 0 Å². The lowest BCUT2D eigenvalue weighted by atomic mass is 10.1. The third kappa shape index (κ3) is 2.24. The number of aromatic nitrogens is 1. The molecule has 0 aliphatic carbocycles. The molecule has 0 saturated carbocycles. The average molecular weight is 340 g/mol. The number of rotatable bonds is 2. The van der Waals surface area contributed by atoms with Crippen LogP contribution in [0.2, 0.25) is 5.02 Å². The van der Waals surface area contributed by atoms with Crippen LogP contribution in [0.25, 0.3) is 10.9 Å². The smallest absolute Gasteiger partial charge is 0.272 e. The summed E-state index contributed by atoms with van der Waals surface area (Å²) in [6.45, 7) is 0. The highest BCUT2D eigenvalue weighted by atomic mass is 35.5. The maximum absolute atomic E-state index is 12.4. The van der Waals surface area contributed by atoms with Crippen LogP contribution >= 0.6 is 11.6 Å². The molecule has 0 spiro atoms. The van der Waals surface area contributed by atoms with E-state index in [-0.39, 0.29) is 11.5 Å². The molecule has 118 valence electrons. The fourth-order valence-electron chi connectivity index (χ4n) is 2.69. The van der Waals surface area contributed by atoms with E-state index in [1.165, 1.54) is 12.1 Å². The van der Waals surface area contributed by atoms with E-state index in [4.69, 9.17) is 11.6 Å². The van der Waals surface area contributed by atoms with Gasteiger partial charge in [-0.1, -0.05) is 23.7 Å². The quantitative estimate of drug-likeness (QED) is 0.627. The van der Waals surface area contributed by atoms with Crippen molar-refractivity contribution in [2.24, 2.45) is 0 Å². The fourth-order valence-corrected chi connectivity index (χ4v) is 2.91. The molecule has 2 heterocycles. The minimum absolute atomic E-state index is 0.248. The Morgan fingerprint density at radius 1 is 1.00 bits per heavy atom. The zero-order valence-electron chi connectivity index (χ0n) is 12.1. The Hall–Kier alpha value is -3.12. The lowest BCUT2D eigenvalue weighted by Crippen LogP contribution is -2.19. The SMILES string of the molecule is O=C(Nc1ccc2c(c1)C(=O)NC2=O)c1cc2cccc(Cl)c2[nH]1. The second kappa shape index (κ2) is 5.21. The van der Waals surface area contributed by atoms with E-state index in [0.29, 0.717) is 27.5 Å². The zero-order valence-corrected chi connectivity index (χ0v) is 12.9. The standard InChI is InChI=1S/C17H10ClN3O3/c18-12-3-1-2-8-6-13(20-14(8)12)17(24)19-9-4-5-10-11(7-9)16(23)21-15(10)22/h1-7,20H,(H,19,24)(H,21,22,23). The summed E-state index contributed by atoms with van der Waals surface area (Å²) in [5.74, 6) is -1.27. The van der Waals surface area contributed by atoms with Crippen molar-refractivity contribution >= 4 is 45.9 Å². The van der Waals surface area contributed by atoms with Gasteiger partial charge in [0.15, 0.2) is 0 Å². The number of anilines is 1. The number of hydrogen-bond donors (Lipinski definition) is 3. The van der Waals surface area contributed by atoms with Crippen molar-refractivity contribution < 1.29 is 14.4 Å². The van der Waals surface area contributed by atoms with Gasteiger partial charge >= 0.3 is 0 Å². The van der Waals surface area contributed by atoms with Crippen LogP contribution in [0.4, 0.5) is 5.69 Å². The Balaban J connectivity index is 1.64. The van der Waals surface area contributed by atoms with Crippen LogP contribution in [0.15, 0.2) is 42.5 Å². The Kier molecular flexibility index (Phi) is 3.14. The molecule has 24 heavy (non-hydrogen) atoms. The summed E-state index contributed by atoms with van der Waals surface area (Å²) in [6.07, 6.45) is 0. The van der Waals surface area contributed by atoms with Gasteiger partial charge in [0.1, 0.15) is 5.69 Å². The molecule has 0 bridgehead atoms. The van der Waals surface area contributed by atoms with Crippen LogP contribution in [0.3, 0.4) is 0 Å². The molecule has 0 fully saturated rings. The number of imide groups is 1. The molecule has 0 saturated heterocycles. The molecule has 0 unspecified atom stereocenters. The first-order chi connectivity index (χ1) is 11.5. The average Bonchev–Trinajstić information content (AvgIpc) is 3.11. The van der Waals surface area contributed by atoms with Gasteiger partial charge in [0.25, 0.3) is 17.7 Å². The second-order valence-electron chi connectivity index (χ2n) is 5.38. The van der Waals surface area contributed by atoms with Crippen molar-refractivity contribution in [2.75, 3.05) is 5.32 Å². The largest absolute Gasteiger partial charge is 0.349 e. The Morgan fingerprint density at radius 3 is 2.58 bits per heavy atom. The number of halogens is 1. The molecular weight excluding hydrogens is 330 g/mol. The summed E-state index contributed by atoms with van der Waals surface area (Å²) in [5, 5.41) is 6.26. The summed E-state index contributed by atoms with van der Waals surface area (Å²) in [5.41, 5.74) is 2.00. The Morgan fingerprint density at radius 2 is 1.79 bits per heavy atom. The van der Waals surface area contributed by atoms with Crippen molar-refractivity contribution in [3.05, 3.63) is 64.3 Å². The maximum Gasteiger partial charge on any atom is 0.272 e. The van der Waals surface area contributed by atoms with Crippen LogP contribution in [-0.4, -0.2) is 22.7 Å². The molecule has 4 rings (SSSR count). The minimum Gasteiger partial charge on any atom is -0.349 e. The van der Waals surface area contributed by atoms with Gasteiger partial charge in [0.2, 0.25) is 0 Å². The van der Waals surface area contributed by atoms with Crippen LogP contribution in [0, 0.1) is 0 Å². The van der Waals surface area contributed by atoms with E-state index in [1.807, 2.05) is 6.07 Å². The van der Waals surface area contributed by atoms with E-state index in [2.05, 4.69) is 15.6 Å². The van der Waals surface area contributed by atoms with Crippen molar-refractivity contribution in [1.29, 1.82) is 0 Å². The number of hydrogen-bond acceptors (Lipinski definition) is 3. The summed E-state index contributed by atoms with van der Waals surface area (Å²) in [7, 11) is 0. The molecular formula is C17H10ClN3O3. The first-order valence-corrected chi connectivity index (χ1v) is 7.49. The molecule has 6 nitrogen and oxygen atoms in total. The number of nitrogens with one attached hydrogen (secondary N) is 3. The third-order valence-electron chi connectivity index (χ3n) is 3.84. The number of amides is 3. The van der Waals surface area contributed by atoms with Crippen LogP contribution < -0.4 is 10.6 Å². The first-order valence-electron chi connectivity index (χ1n) is 7.11. The number of fused-ring (bicyclic) bond motifs is 2. The van der Waals surface area contributed by atoms with Gasteiger partial charge in [0.05, 0.1) is 21.7 Å². The number of para-hydroxylation sites is 1. The number of carbonyl (C=O) groups is 3. The topological polar surface area (TPSA) is 91.1 Å². The maximum atomic E-state index is 12.4. The third-order valence-corrected chi connectivity index (χ3v) is 4.16. The molecule has 0 atom stereocenters. The fraction of sp³-hybridized carbons (Fsp3) is 0. The molecule has 3 aromatic rings. The summed E-state index contributed by atoms with van der Waals surface area (Å²) in [4.78, 5) is 38.6. The highest BCUT2D eigenvalue weighted by molar-refractivity contribution is 6.35. The molecule has 1 aliphatic rings. The molecule has 2 aromatic carbocycles. The number of H-pyrrole nitrogens is 1. The molecule has 3 N–H and O–H groups in total. The Labute approximate surface area is 140 Å². The molecule has 3 amide bonds. The van der Waals surface area contributed by atoms with Gasteiger partial charge in [-0.2, -0.15) is 0 Å². The van der Waals surface area contributed by atoms with E-state index in [9.17, 15) is 14.4 Å². The van der Waals surface area contributed by atoms with Gasteiger partial charge in [-0.15, -0.1) is 0 Å². The Bertz CT molecular complexity index is 1040. The van der Waals surface area contributed by atoms with Gasteiger partial charge < -0.3 is 10.3 Å². The zero-order chi connectivity index (χ0) is 16.8. The normalized spacial score (nSPS) is 13.0. The van der Waals surface area contributed by atoms with Crippen LogP contribution in [0.1, 0.15) is 31.2 Å². The summed E-state index contributed by atoms with van der Waals surface area (Å²) in [6, 6.07) is 11.6. The second-order valence-corrected chi connectivity index (χ2v) is 5.79. The van der Waals surface area contributed by atoms with Crippen LogP contribution in [0.5, 0.6) is 0 Å². The van der Waals surface area contributed by atoms with E-state index >= 15 is 0 Å². The summed E-state index contributed by atoms with van der Waals surface area (Å²) >= 11 is 6.09. The molecule has 1 aliphatic heterocycles. The minimum atomic E-state index is -0.469. The number of aromatic amines is 1. The van der Waals surface area contributed by atoms with E-state index in [1.54, 1.807) is 24.3 Å². The molecule has 7 heteroatoms. The van der Waals surface area contributed by atoms with E-state index in [0.717, 1.165) is 5.39 Å². The van der Waals surface area contributed by atoms with Crippen molar-refractivity contribution in [1.82, 2.24) is 10.3 Å². The molecule has 0 radical (unpaired) electrons. The van der Waals surface area contributed by atoms with Gasteiger partial charge in [0, 0.05) is 11.1 Å². The van der Waals surface area contributed by atoms with Crippen molar-refractivity contribution in [2.45, 2.75) is 0 Å². The number of carbonyl (C=O) groups excluding carboxylic acids is 3. The number of benzene rings is 2. The highest BCUT2D eigenvalue weighted by Crippen LogP contribution is 2.24.